The van der Waals surface area contributed by atoms with Crippen molar-refractivity contribution in [3.05, 3.63) is 29.8 Å². The highest BCUT2D eigenvalue weighted by molar-refractivity contribution is 5.82. The molecule has 164 valence electrons. The first-order chi connectivity index (χ1) is 14.6. The lowest BCUT2D eigenvalue weighted by atomic mass is 9.73. The number of carbonyl (C=O) groups is 1. The highest BCUT2D eigenvalue weighted by Crippen LogP contribution is 2.44. The lowest BCUT2D eigenvalue weighted by Crippen LogP contribution is -2.63. The Morgan fingerprint density at radius 3 is 2.73 bits per heavy atom. The summed E-state index contributed by atoms with van der Waals surface area (Å²) < 4.78 is 11.0. The van der Waals surface area contributed by atoms with Gasteiger partial charge in [-0.15, -0.1) is 0 Å². The largest absolute Gasteiger partial charge is 0.497 e. The molecule has 5 atom stereocenters. The van der Waals surface area contributed by atoms with E-state index in [9.17, 15) is 4.79 Å². The molecule has 4 fully saturated rings. The van der Waals surface area contributed by atoms with Crippen molar-refractivity contribution in [2.75, 3.05) is 53.6 Å². The van der Waals surface area contributed by atoms with Crippen LogP contribution in [-0.4, -0.2) is 86.2 Å². The first-order valence-corrected chi connectivity index (χ1v) is 11.6. The highest BCUT2D eigenvalue weighted by Gasteiger charge is 2.46. The molecule has 4 saturated heterocycles. The van der Waals surface area contributed by atoms with Crippen LogP contribution in [0.1, 0.15) is 37.3 Å². The van der Waals surface area contributed by atoms with Gasteiger partial charge in [0.2, 0.25) is 5.91 Å². The summed E-state index contributed by atoms with van der Waals surface area (Å²) in [6, 6.07) is 9.65. The van der Waals surface area contributed by atoms with E-state index in [1.165, 1.54) is 31.2 Å². The molecule has 2 bridgehead atoms. The molecular formula is C24H35N3O3. The molecule has 0 aliphatic carbocycles. The summed E-state index contributed by atoms with van der Waals surface area (Å²) in [7, 11) is 3.78. The lowest BCUT2D eigenvalue weighted by molar-refractivity contribution is -0.149. The van der Waals surface area contributed by atoms with Gasteiger partial charge < -0.3 is 14.4 Å². The highest BCUT2D eigenvalue weighted by atomic mass is 16.5. The van der Waals surface area contributed by atoms with E-state index in [0.29, 0.717) is 30.5 Å². The number of hydrogen-bond donors (Lipinski definition) is 0. The molecule has 0 spiro atoms. The summed E-state index contributed by atoms with van der Waals surface area (Å²) in [5.74, 6) is 2.38. The molecule has 4 aliphatic rings. The van der Waals surface area contributed by atoms with Crippen molar-refractivity contribution in [2.45, 2.75) is 43.8 Å². The van der Waals surface area contributed by atoms with Crippen molar-refractivity contribution in [1.29, 1.82) is 0 Å². The zero-order chi connectivity index (χ0) is 20.7. The molecule has 0 N–H and O–H groups in total. The second-order valence-electron chi connectivity index (χ2n) is 9.66. The summed E-state index contributed by atoms with van der Waals surface area (Å²) >= 11 is 0. The molecule has 1 amide bonds. The standard InChI is InChI=1S/C24H35N3O3/c1-25-10-11-30-16-23(25)24(28)26-13-17-12-19(15-26)22-5-3-4-21(27(22)14-17)18-6-8-20(29-2)9-7-18/h6-9,17,19,21-23H,3-5,10-16H2,1-2H3/t17-,19+,21+,22-,23+/m0/s1. The first-order valence-electron chi connectivity index (χ1n) is 11.6. The maximum absolute atomic E-state index is 13.3. The molecule has 0 unspecified atom stereocenters. The topological polar surface area (TPSA) is 45.2 Å². The minimum absolute atomic E-state index is 0.105. The number of carbonyl (C=O) groups excluding carboxylic acids is 1. The summed E-state index contributed by atoms with van der Waals surface area (Å²) in [4.78, 5) is 20.4. The number of ether oxygens (including phenoxy) is 2. The third-order valence-corrected chi connectivity index (χ3v) is 7.88. The second kappa shape index (κ2) is 8.48. The van der Waals surface area contributed by atoms with Crippen LogP contribution in [0, 0.1) is 11.8 Å². The number of nitrogens with zero attached hydrogens (tertiary/aromatic N) is 3. The lowest BCUT2D eigenvalue weighted by Gasteiger charge is -2.55. The third kappa shape index (κ3) is 3.74. The number of fused-ring (bicyclic) bond motifs is 4. The number of methoxy groups -OCH3 is 1. The van der Waals surface area contributed by atoms with Crippen molar-refractivity contribution in [3.8, 4) is 5.75 Å². The second-order valence-corrected chi connectivity index (χ2v) is 9.66. The van der Waals surface area contributed by atoms with E-state index < -0.39 is 0 Å². The Morgan fingerprint density at radius 1 is 1.13 bits per heavy atom. The smallest absolute Gasteiger partial charge is 0.242 e. The monoisotopic (exact) mass is 413 g/mol. The number of morpholine rings is 1. The number of benzene rings is 1. The SMILES string of the molecule is COc1ccc([C@H]2CCC[C@H]3[C@@H]4C[C@@H](CN(C(=O)[C@H]5COCCN5C)C4)CN23)cc1. The van der Waals surface area contributed by atoms with Gasteiger partial charge in [0.25, 0.3) is 0 Å². The number of hydrogen-bond acceptors (Lipinski definition) is 5. The molecule has 4 aliphatic heterocycles. The zero-order valence-electron chi connectivity index (χ0n) is 18.3. The zero-order valence-corrected chi connectivity index (χ0v) is 18.3. The molecule has 1 aromatic rings. The van der Waals surface area contributed by atoms with Crippen LogP contribution in [0.4, 0.5) is 0 Å². The van der Waals surface area contributed by atoms with Crippen LogP contribution in [0.2, 0.25) is 0 Å². The van der Waals surface area contributed by atoms with E-state index >= 15 is 0 Å². The molecule has 0 radical (unpaired) electrons. The van der Waals surface area contributed by atoms with Gasteiger partial charge in [0, 0.05) is 38.3 Å². The van der Waals surface area contributed by atoms with Crippen LogP contribution in [0.25, 0.3) is 0 Å². The van der Waals surface area contributed by atoms with Crippen molar-refractivity contribution < 1.29 is 14.3 Å². The molecular weight excluding hydrogens is 378 g/mol. The molecule has 4 heterocycles. The van der Waals surface area contributed by atoms with E-state index in [2.05, 4.69) is 46.0 Å². The van der Waals surface area contributed by atoms with Crippen molar-refractivity contribution >= 4 is 5.91 Å². The van der Waals surface area contributed by atoms with Crippen LogP contribution in [0.5, 0.6) is 5.75 Å². The molecule has 0 aromatic heterocycles. The normalized spacial score (nSPS) is 35.0. The number of likely N-dealkylation sites (tertiary alicyclic amines) is 1. The quantitative estimate of drug-likeness (QED) is 0.762. The molecule has 6 nitrogen and oxygen atoms in total. The Kier molecular flexibility index (Phi) is 5.73. The predicted molar refractivity (Wildman–Crippen MR) is 115 cm³/mol. The Bertz CT molecular complexity index is 755. The van der Waals surface area contributed by atoms with Gasteiger partial charge in [-0.1, -0.05) is 12.1 Å². The van der Waals surface area contributed by atoms with E-state index in [1.54, 1.807) is 7.11 Å². The molecule has 0 saturated carbocycles. The number of piperidine rings is 3. The summed E-state index contributed by atoms with van der Waals surface area (Å²) in [5.41, 5.74) is 1.41. The average Bonchev–Trinajstić information content (AvgIpc) is 2.78. The van der Waals surface area contributed by atoms with Gasteiger partial charge in [0.1, 0.15) is 11.8 Å². The van der Waals surface area contributed by atoms with Gasteiger partial charge in [0.15, 0.2) is 0 Å². The Balaban J connectivity index is 1.31. The van der Waals surface area contributed by atoms with E-state index in [-0.39, 0.29) is 11.9 Å². The average molecular weight is 414 g/mol. The van der Waals surface area contributed by atoms with Crippen molar-refractivity contribution in [1.82, 2.24) is 14.7 Å². The van der Waals surface area contributed by atoms with Gasteiger partial charge in [-0.05, 0) is 62.3 Å². The minimum Gasteiger partial charge on any atom is -0.497 e. The first kappa shape index (κ1) is 20.3. The maximum atomic E-state index is 13.3. The summed E-state index contributed by atoms with van der Waals surface area (Å²) in [6.07, 6.45) is 5.04. The fourth-order valence-corrected chi connectivity index (χ4v) is 6.33. The van der Waals surface area contributed by atoms with Gasteiger partial charge in [-0.25, -0.2) is 0 Å². The van der Waals surface area contributed by atoms with Gasteiger partial charge in [0.05, 0.1) is 20.3 Å². The number of likely N-dealkylation sites (N-methyl/N-ethyl adjacent to an activating group) is 1. The van der Waals surface area contributed by atoms with Gasteiger partial charge in [-0.2, -0.15) is 0 Å². The van der Waals surface area contributed by atoms with E-state index in [0.717, 1.165) is 38.5 Å². The van der Waals surface area contributed by atoms with Gasteiger partial charge in [-0.3, -0.25) is 14.6 Å². The Hall–Kier alpha value is -1.63. The van der Waals surface area contributed by atoms with Crippen molar-refractivity contribution in [2.24, 2.45) is 11.8 Å². The summed E-state index contributed by atoms with van der Waals surface area (Å²) in [6.45, 7) is 5.04. The third-order valence-electron chi connectivity index (χ3n) is 7.88. The molecule has 5 rings (SSSR count). The minimum atomic E-state index is -0.105. The maximum Gasteiger partial charge on any atom is 0.242 e. The molecule has 30 heavy (non-hydrogen) atoms. The van der Waals surface area contributed by atoms with E-state index in [1.807, 2.05) is 0 Å². The van der Waals surface area contributed by atoms with Gasteiger partial charge >= 0.3 is 0 Å². The van der Waals surface area contributed by atoms with Crippen LogP contribution >= 0.6 is 0 Å². The van der Waals surface area contributed by atoms with Crippen LogP contribution in [0.15, 0.2) is 24.3 Å². The van der Waals surface area contributed by atoms with Crippen LogP contribution in [-0.2, 0) is 9.53 Å². The Labute approximate surface area is 180 Å². The van der Waals surface area contributed by atoms with Crippen LogP contribution in [0.3, 0.4) is 0 Å². The molecule has 1 aromatic carbocycles. The van der Waals surface area contributed by atoms with Crippen LogP contribution < -0.4 is 4.74 Å². The number of rotatable bonds is 3. The Morgan fingerprint density at radius 2 is 1.97 bits per heavy atom. The van der Waals surface area contributed by atoms with E-state index in [4.69, 9.17) is 9.47 Å². The number of amides is 1. The fourth-order valence-electron chi connectivity index (χ4n) is 6.33. The molecule has 6 heteroatoms. The summed E-state index contributed by atoms with van der Waals surface area (Å²) in [5, 5.41) is 0. The predicted octanol–water partition coefficient (Wildman–Crippen LogP) is 2.40. The van der Waals surface area contributed by atoms with Crippen molar-refractivity contribution in [3.63, 3.8) is 0 Å². The fraction of sp³-hybridized carbons (Fsp3) is 0.708.